The summed E-state index contributed by atoms with van der Waals surface area (Å²) in [5, 5.41) is 9.05. The zero-order chi connectivity index (χ0) is 12.0. The van der Waals surface area contributed by atoms with Crippen molar-refractivity contribution in [3.63, 3.8) is 0 Å². The Hall–Kier alpha value is -0.620. The zero-order valence-electron chi connectivity index (χ0n) is 9.76. The maximum atomic E-state index is 12.5. The lowest BCUT2D eigenvalue weighted by Gasteiger charge is -2.28. The Morgan fingerprint density at radius 3 is 2.56 bits per heavy atom. The van der Waals surface area contributed by atoms with Gasteiger partial charge < -0.3 is 9.05 Å². The fraction of sp³-hybridized carbons (Fsp3) is 0.727. The summed E-state index contributed by atoms with van der Waals surface area (Å²) in [5.74, 6) is -0.270. The molecule has 0 heterocycles. The van der Waals surface area contributed by atoms with Crippen molar-refractivity contribution in [2.75, 3.05) is 13.2 Å². The molecule has 1 rings (SSSR count). The molecule has 0 radical (unpaired) electrons. The number of hydrogen-bond acceptors (Lipinski definition) is 4. The van der Waals surface area contributed by atoms with E-state index in [-0.39, 0.29) is 5.92 Å². The van der Waals surface area contributed by atoms with Crippen LogP contribution in [0, 0.1) is 17.2 Å². The summed E-state index contributed by atoms with van der Waals surface area (Å²) in [5.41, 5.74) is -0.411. The van der Waals surface area contributed by atoms with Crippen molar-refractivity contribution in [3.8, 4) is 6.07 Å². The normalized spacial score (nSPS) is 25.3. The Bertz CT molecular complexity index is 325. The summed E-state index contributed by atoms with van der Waals surface area (Å²) in [7, 11) is -3.18. The molecule has 1 aliphatic carbocycles. The summed E-state index contributed by atoms with van der Waals surface area (Å²) in [4.78, 5) is 0. The molecule has 0 saturated heterocycles. The smallest absolute Gasteiger partial charge is 0.308 e. The molecule has 2 atom stereocenters. The minimum Gasteiger partial charge on any atom is -0.308 e. The van der Waals surface area contributed by atoms with Crippen molar-refractivity contribution >= 4 is 7.60 Å². The van der Waals surface area contributed by atoms with Crippen LogP contribution in [0.15, 0.2) is 12.2 Å². The Balaban J connectivity index is 2.92. The van der Waals surface area contributed by atoms with Gasteiger partial charge in [-0.1, -0.05) is 12.2 Å². The molecule has 5 heteroatoms. The largest absolute Gasteiger partial charge is 0.338 e. The Morgan fingerprint density at radius 2 is 2.06 bits per heavy atom. The van der Waals surface area contributed by atoms with Gasteiger partial charge in [0.05, 0.1) is 30.9 Å². The van der Waals surface area contributed by atoms with Gasteiger partial charge in [-0.25, -0.2) is 0 Å². The highest BCUT2D eigenvalue weighted by Crippen LogP contribution is 2.57. The molecule has 0 aromatic carbocycles. The predicted octanol–water partition coefficient (Wildman–Crippen LogP) is 3.11. The van der Waals surface area contributed by atoms with E-state index in [1.165, 1.54) is 0 Å². The summed E-state index contributed by atoms with van der Waals surface area (Å²) in [6, 6.07) is 2.19. The van der Waals surface area contributed by atoms with Crippen LogP contribution in [0.5, 0.6) is 0 Å². The van der Waals surface area contributed by atoms with E-state index in [1.807, 2.05) is 12.2 Å². The molecule has 0 saturated carbocycles. The van der Waals surface area contributed by atoms with E-state index < -0.39 is 13.3 Å². The third kappa shape index (κ3) is 2.95. The van der Waals surface area contributed by atoms with Crippen LogP contribution in [0.25, 0.3) is 0 Å². The highest BCUT2D eigenvalue weighted by atomic mass is 31.2. The number of nitrogens with zero attached hydrogens (tertiary/aromatic N) is 1. The molecule has 0 spiro atoms. The maximum Gasteiger partial charge on any atom is 0.338 e. The van der Waals surface area contributed by atoms with Gasteiger partial charge in [-0.2, -0.15) is 5.26 Å². The highest BCUT2D eigenvalue weighted by molar-refractivity contribution is 7.54. The molecule has 0 bridgehead atoms. The fourth-order valence-corrected chi connectivity index (χ4v) is 3.98. The topological polar surface area (TPSA) is 59.3 Å². The lowest BCUT2D eigenvalue weighted by atomic mass is 9.95. The van der Waals surface area contributed by atoms with Gasteiger partial charge in [0.25, 0.3) is 0 Å². The summed E-state index contributed by atoms with van der Waals surface area (Å²) < 4.78 is 23.0. The van der Waals surface area contributed by atoms with Gasteiger partial charge in [-0.3, -0.25) is 4.57 Å². The van der Waals surface area contributed by atoms with Crippen molar-refractivity contribution in [2.24, 2.45) is 5.92 Å². The van der Waals surface area contributed by atoms with Crippen LogP contribution in [0.3, 0.4) is 0 Å². The van der Waals surface area contributed by atoms with Crippen molar-refractivity contribution in [3.05, 3.63) is 12.2 Å². The van der Waals surface area contributed by atoms with Gasteiger partial charge in [0, 0.05) is 0 Å². The van der Waals surface area contributed by atoms with Gasteiger partial charge in [0.2, 0.25) is 0 Å². The van der Waals surface area contributed by atoms with E-state index in [0.29, 0.717) is 13.2 Å². The second-order valence-electron chi connectivity index (χ2n) is 3.61. The second kappa shape index (κ2) is 6.20. The molecule has 0 amide bonds. The van der Waals surface area contributed by atoms with Crippen LogP contribution in [0.4, 0.5) is 0 Å². The van der Waals surface area contributed by atoms with Crippen LogP contribution in [0.2, 0.25) is 0 Å². The molecule has 2 unspecified atom stereocenters. The van der Waals surface area contributed by atoms with Crippen LogP contribution < -0.4 is 0 Å². The van der Waals surface area contributed by atoms with Crippen LogP contribution in [-0.4, -0.2) is 18.9 Å². The van der Waals surface area contributed by atoms with E-state index in [0.717, 1.165) is 12.8 Å². The molecule has 4 nitrogen and oxygen atoms in total. The molecule has 0 aromatic heterocycles. The first-order valence-electron chi connectivity index (χ1n) is 5.63. The first-order valence-corrected chi connectivity index (χ1v) is 7.24. The molecular weight excluding hydrogens is 225 g/mol. The van der Waals surface area contributed by atoms with Crippen molar-refractivity contribution < 1.29 is 13.6 Å². The standard InChI is InChI=1S/C11H18NO3P/c1-3-14-16(13,15-4-2)11-8-6-5-7-10(11)9-12/h6,8,10-11H,3-5,7H2,1-2H3. The van der Waals surface area contributed by atoms with E-state index in [9.17, 15) is 4.57 Å². The Morgan fingerprint density at radius 1 is 1.44 bits per heavy atom. The average molecular weight is 243 g/mol. The molecule has 0 aliphatic heterocycles. The first-order chi connectivity index (χ1) is 7.68. The van der Waals surface area contributed by atoms with Crippen LogP contribution >= 0.6 is 7.60 Å². The van der Waals surface area contributed by atoms with Gasteiger partial charge in [-0.05, 0) is 26.7 Å². The quantitative estimate of drug-likeness (QED) is 0.550. The fourth-order valence-electron chi connectivity index (χ4n) is 1.85. The molecule has 16 heavy (non-hydrogen) atoms. The summed E-state index contributed by atoms with van der Waals surface area (Å²) >= 11 is 0. The second-order valence-corrected chi connectivity index (χ2v) is 5.80. The van der Waals surface area contributed by atoms with Crippen molar-refractivity contribution in [1.82, 2.24) is 0 Å². The SMILES string of the molecule is CCOP(=O)(OCC)C1C=CCCC1C#N. The summed E-state index contributed by atoms with van der Waals surface area (Å²) in [6.45, 7) is 4.22. The van der Waals surface area contributed by atoms with Crippen LogP contribution in [0.1, 0.15) is 26.7 Å². The molecule has 1 aliphatic rings. The Kier molecular flexibility index (Phi) is 5.21. The van der Waals surface area contributed by atoms with Gasteiger partial charge in [-0.15, -0.1) is 0 Å². The van der Waals surface area contributed by atoms with Gasteiger partial charge >= 0.3 is 7.60 Å². The summed E-state index contributed by atoms with van der Waals surface area (Å²) in [6.07, 6.45) is 5.33. The molecule has 0 N–H and O–H groups in total. The zero-order valence-corrected chi connectivity index (χ0v) is 10.7. The number of rotatable bonds is 5. The van der Waals surface area contributed by atoms with E-state index >= 15 is 0 Å². The third-order valence-electron chi connectivity index (χ3n) is 2.54. The predicted molar refractivity (Wildman–Crippen MR) is 62.1 cm³/mol. The lowest BCUT2D eigenvalue weighted by Crippen LogP contribution is -2.22. The van der Waals surface area contributed by atoms with Gasteiger partial charge in [0.15, 0.2) is 0 Å². The van der Waals surface area contributed by atoms with Crippen molar-refractivity contribution in [1.29, 1.82) is 5.26 Å². The number of hydrogen-bond donors (Lipinski definition) is 0. The van der Waals surface area contributed by atoms with E-state index in [4.69, 9.17) is 14.3 Å². The average Bonchev–Trinajstić information content (AvgIpc) is 2.29. The third-order valence-corrected chi connectivity index (χ3v) is 5.04. The monoisotopic (exact) mass is 243 g/mol. The van der Waals surface area contributed by atoms with Gasteiger partial charge in [0.1, 0.15) is 0 Å². The maximum absolute atomic E-state index is 12.5. The number of nitriles is 1. The van der Waals surface area contributed by atoms with E-state index in [2.05, 4.69) is 6.07 Å². The minimum atomic E-state index is -3.18. The van der Waals surface area contributed by atoms with Crippen LogP contribution in [-0.2, 0) is 13.6 Å². The highest BCUT2D eigenvalue weighted by Gasteiger charge is 2.40. The first kappa shape index (κ1) is 13.4. The molecule has 0 aromatic rings. The number of allylic oxidation sites excluding steroid dienone is 2. The van der Waals surface area contributed by atoms with Crippen molar-refractivity contribution in [2.45, 2.75) is 32.3 Å². The molecule has 0 fully saturated rings. The minimum absolute atomic E-state index is 0.270. The van der Waals surface area contributed by atoms with E-state index in [1.54, 1.807) is 13.8 Å². The molecular formula is C11H18NO3P. The molecule has 90 valence electrons. The Labute approximate surface area is 96.8 Å². The lowest BCUT2D eigenvalue weighted by molar-refractivity contribution is 0.210.